The van der Waals surface area contributed by atoms with Crippen molar-refractivity contribution in [2.75, 3.05) is 6.61 Å². The Labute approximate surface area is 87.9 Å². The van der Waals surface area contributed by atoms with Crippen LogP contribution >= 0.6 is 0 Å². The number of alkyl halides is 3. The highest BCUT2D eigenvalue weighted by molar-refractivity contribution is 7.89. The summed E-state index contributed by atoms with van der Waals surface area (Å²) in [5.74, 6) is -0.159. The van der Waals surface area contributed by atoms with Crippen LogP contribution in [-0.4, -0.2) is 36.4 Å². The van der Waals surface area contributed by atoms with E-state index < -0.39 is 34.6 Å². The minimum atomic E-state index is -4.46. The van der Waals surface area contributed by atoms with E-state index in [1.54, 1.807) is 0 Å². The van der Waals surface area contributed by atoms with Gasteiger partial charge in [0.2, 0.25) is 0 Å². The van der Waals surface area contributed by atoms with E-state index in [0.717, 1.165) is 0 Å². The molecule has 0 unspecified atom stereocenters. The molecule has 92 valence electrons. The Morgan fingerprint density at radius 2 is 2.06 bits per heavy atom. The van der Waals surface area contributed by atoms with E-state index in [0.29, 0.717) is 0 Å². The summed E-state index contributed by atoms with van der Waals surface area (Å²) in [6.07, 6.45) is -4.46. The molecule has 1 heterocycles. The topological polar surface area (TPSA) is 111 Å². The summed E-state index contributed by atoms with van der Waals surface area (Å²) in [5.41, 5.74) is 0. The van der Waals surface area contributed by atoms with E-state index in [9.17, 15) is 21.6 Å². The first-order valence-electron chi connectivity index (χ1n) is 3.77. The molecule has 0 atom stereocenters. The largest absolute Gasteiger partial charge is 0.411 e. The smallest absolute Gasteiger partial charge is 0.364 e. The first kappa shape index (κ1) is 12.9. The van der Waals surface area contributed by atoms with Crippen LogP contribution in [0.1, 0.15) is 5.82 Å². The maximum absolute atomic E-state index is 11.7. The molecule has 0 bridgehead atoms. The predicted molar refractivity (Wildman–Crippen MR) is 43.5 cm³/mol. The average Bonchev–Trinajstić information content (AvgIpc) is 2.49. The van der Waals surface area contributed by atoms with Crippen LogP contribution in [0.5, 0.6) is 0 Å². The van der Waals surface area contributed by atoms with E-state index in [4.69, 9.17) is 0 Å². The van der Waals surface area contributed by atoms with Crippen LogP contribution < -0.4 is 5.14 Å². The molecule has 1 aromatic heterocycles. The zero-order chi connectivity index (χ0) is 12.4. The van der Waals surface area contributed by atoms with Gasteiger partial charge in [-0.2, -0.15) is 18.2 Å². The SMILES string of the molecule is NS(=O)(=O)c1n[nH]c(COCC(F)(F)F)n1. The fourth-order valence-corrected chi connectivity index (χ4v) is 1.14. The lowest BCUT2D eigenvalue weighted by molar-refractivity contribution is -0.177. The molecule has 1 rings (SSSR count). The van der Waals surface area contributed by atoms with E-state index in [1.165, 1.54) is 0 Å². The van der Waals surface area contributed by atoms with Crippen molar-refractivity contribution in [3.63, 3.8) is 0 Å². The van der Waals surface area contributed by atoms with Crippen LogP contribution in [0.25, 0.3) is 0 Å². The zero-order valence-corrected chi connectivity index (χ0v) is 8.47. The number of hydrogen-bond donors (Lipinski definition) is 2. The Kier molecular flexibility index (Phi) is 3.50. The van der Waals surface area contributed by atoms with Crippen molar-refractivity contribution < 1.29 is 26.3 Å². The Morgan fingerprint density at radius 1 is 1.44 bits per heavy atom. The van der Waals surface area contributed by atoms with Gasteiger partial charge >= 0.3 is 6.18 Å². The van der Waals surface area contributed by atoms with Crippen molar-refractivity contribution in [2.45, 2.75) is 17.9 Å². The number of hydrogen-bond acceptors (Lipinski definition) is 5. The lowest BCUT2D eigenvalue weighted by atomic mass is 10.6. The highest BCUT2D eigenvalue weighted by Crippen LogP contribution is 2.15. The quantitative estimate of drug-likeness (QED) is 0.760. The normalized spacial score (nSPS) is 13.0. The summed E-state index contributed by atoms with van der Waals surface area (Å²) in [6, 6.07) is 0. The zero-order valence-electron chi connectivity index (χ0n) is 7.65. The van der Waals surface area contributed by atoms with Gasteiger partial charge < -0.3 is 4.74 Å². The van der Waals surface area contributed by atoms with Crippen LogP contribution in [-0.2, 0) is 21.4 Å². The van der Waals surface area contributed by atoms with Gasteiger partial charge in [0.1, 0.15) is 13.2 Å². The van der Waals surface area contributed by atoms with Gasteiger partial charge in [0.25, 0.3) is 15.2 Å². The van der Waals surface area contributed by atoms with Crippen molar-refractivity contribution >= 4 is 10.0 Å². The first-order chi connectivity index (χ1) is 7.18. The monoisotopic (exact) mass is 260 g/mol. The predicted octanol–water partition coefficient (Wildman–Crippen LogP) is -0.469. The molecule has 3 N–H and O–H groups in total. The number of aromatic amines is 1. The lowest BCUT2D eigenvalue weighted by Gasteiger charge is -2.05. The van der Waals surface area contributed by atoms with Crippen molar-refractivity contribution in [1.29, 1.82) is 0 Å². The van der Waals surface area contributed by atoms with Gasteiger partial charge in [-0.3, -0.25) is 5.10 Å². The molecule has 0 radical (unpaired) electrons. The molecule has 0 fully saturated rings. The van der Waals surface area contributed by atoms with E-state index >= 15 is 0 Å². The Balaban J connectivity index is 2.54. The lowest BCUT2D eigenvalue weighted by Crippen LogP contribution is -2.17. The number of primary sulfonamides is 1. The van der Waals surface area contributed by atoms with Crippen LogP contribution in [0, 0.1) is 0 Å². The molecule has 11 heteroatoms. The van der Waals surface area contributed by atoms with Crippen molar-refractivity contribution in [3.8, 4) is 0 Å². The molecule has 0 aliphatic rings. The Hall–Kier alpha value is -1.20. The second kappa shape index (κ2) is 4.35. The molecule has 0 saturated heterocycles. The Bertz CT molecular complexity index is 454. The van der Waals surface area contributed by atoms with Gasteiger partial charge in [-0.15, -0.1) is 5.10 Å². The maximum atomic E-state index is 11.7. The number of nitrogens with zero attached hydrogens (tertiary/aromatic N) is 2. The second-order valence-corrected chi connectivity index (χ2v) is 4.17. The minimum Gasteiger partial charge on any atom is -0.364 e. The van der Waals surface area contributed by atoms with Gasteiger partial charge in [0.05, 0.1) is 0 Å². The van der Waals surface area contributed by atoms with Gasteiger partial charge in [-0.1, -0.05) is 0 Å². The number of rotatable bonds is 4. The van der Waals surface area contributed by atoms with Crippen LogP contribution in [0.4, 0.5) is 13.2 Å². The molecule has 0 aliphatic carbocycles. The fourth-order valence-electron chi connectivity index (χ4n) is 0.733. The number of halogens is 3. The molecule has 16 heavy (non-hydrogen) atoms. The molecule has 0 saturated carbocycles. The fraction of sp³-hybridized carbons (Fsp3) is 0.600. The maximum Gasteiger partial charge on any atom is 0.411 e. The van der Waals surface area contributed by atoms with Gasteiger partial charge in [0.15, 0.2) is 5.82 Å². The summed E-state index contributed by atoms with van der Waals surface area (Å²) >= 11 is 0. The number of sulfonamides is 1. The molecule has 0 aromatic carbocycles. The van der Waals surface area contributed by atoms with Gasteiger partial charge in [-0.05, 0) is 0 Å². The number of nitrogens with two attached hydrogens (primary N) is 1. The number of aromatic nitrogens is 3. The van der Waals surface area contributed by atoms with E-state index in [1.807, 2.05) is 0 Å². The third-order valence-electron chi connectivity index (χ3n) is 1.27. The molecule has 7 nitrogen and oxygen atoms in total. The van der Waals surface area contributed by atoms with Crippen molar-refractivity contribution in [3.05, 3.63) is 5.82 Å². The van der Waals surface area contributed by atoms with Gasteiger partial charge in [0, 0.05) is 0 Å². The molecule has 1 aromatic rings. The Morgan fingerprint density at radius 3 is 2.50 bits per heavy atom. The second-order valence-electron chi connectivity index (χ2n) is 2.72. The van der Waals surface area contributed by atoms with E-state index in [-0.39, 0.29) is 5.82 Å². The van der Waals surface area contributed by atoms with Crippen LogP contribution in [0.15, 0.2) is 5.16 Å². The summed E-state index contributed by atoms with van der Waals surface area (Å²) in [7, 11) is -4.07. The van der Waals surface area contributed by atoms with Crippen molar-refractivity contribution in [1.82, 2.24) is 15.2 Å². The number of nitrogens with one attached hydrogen (secondary N) is 1. The number of H-pyrrole nitrogens is 1. The molecular formula is C5H7F3N4O3S. The summed E-state index contributed by atoms with van der Waals surface area (Å²) in [6.45, 7) is -2.00. The number of ether oxygens (including phenoxy) is 1. The highest BCUT2D eigenvalue weighted by Gasteiger charge is 2.27. The van der Waals surface area contributed by atoms with Crippen molar-refractivity contribution in [2.24, 2.45) is 5.14 Å². The molecule has 0 amide bonds. The third-order valence-corrected chi connectivity index (χ3v) is 1.96. The molecular weight excluding hydrogens is 253 g/mol. The summed E-state index contributed by atoms with van der Waals surface area (Å²) < 4.78 is 60.6. The molecule has 0 aliphatic heterocycles. The van der Waals surface area contributed by atoms with Gasteiger partial charge in [-0.25, -0.2) is 13.6 Å². The third kappa shape index (κ3) is 4.12. The highest BCUT2D eigenvalue weighted by atomic mass is 32.2. The average molecular weight is 260 g/mol. The summed E-state index contributed by atoms with van der Waals surface area (Å²) in [5, 5.41) is 9.26. The van der Waals surface area contributed by atoms with Crippen LogP contribution in [0.3, 0.4) is 0 Å². The first-order valence-corrected chi connectivity index (χ1v) is 5.32. The molecule has 0 spiro atoms. The van der Waals surface area contributed by atoms with Crippen LogP contribution in [0.2, 0.25) is 0 Å². The van der Waals surface area contributed by atoms with E-state index in [2.05, 4.69) is 25.1 Å². The summed E-state index contributed by atoms with van der Waals surface area (Å²) in [4.78, 5) is 3.33. The standard InChI is InChI=1S/C5H7F3N4O3S/c6-5(7,8)2-15-1-3-10-4(12-11-3)16(9,13)14/h1-2H2,(H2,9,13,14)(H,10,11,12). The minimum absolute atomic E-state index is 0.159.